The van der Waals surface area contributed by atoms with E-state index < -0.39 is 0 Å². The highest BCUT2D eigenvalue weighted by Crippen LogP contribution is 2.40. The summed E-state index contributed by atoms with van der Waals surface area (Å²) in [4.78, 5) is 13.4. The van der Waals surface area contributed by atoms with Crippen LogP contribution in [0.2, 0.25) is 0 Å². The van der Waals surface area contributed by atoms with Crippen LogP contribution in [0.3, 0.4) is 0 Å². The van der Waals surface area contributed by atoms with Crippen molar-refractivity contribution >= 4 is 17.2 Å². The number of anilines is 2. The minimum absolute atomic E-state index is 0.0742. The molecule has 1 aliphatic heterocycles. The molecule has 1 aromatic heterocycles. The highest BCUT2D eigenvalue weighted by molar-refractivity contribution is 6.13. The summed E-state index contributed by atoms with van der Waals surface area (Å²) >= 11 is 0. The molecule has 1 aliphatic carbocycles. The zero-order valence-corrected chi connectivity index (χ0v) is 16.8. The quantitative estimate of drug-likeness (QED) is 0.612. The Morgan fingerprint density at radius 2 is 2.04 bits per heavy atom. The van der Waals surface area contributed by atoms with Crippen molar-refractivity contribution < 1.29 is 4.74 Å². The molecule has 4 rings (SSSR count). The molecule has 1 atom stereocenters. The molecule has 1 unspecified atom stereocenters. The van der Waals surface area contributed by atoms with Crippen LogP contribution in [0.1, 0.15) is 37.9 Å². The van der Waals surface area contributed by atoms with Gasteiger partial charge in [0.05, 0.1) is 11.4 Å². The van der Waals surface area contributed by atoms with Crippen molar-refractivity contribution in [1.82, 2.24) is 14.9 Å². The average Bonchev–Trinajstić information content (AvgIpc) is 3.39. The molecule has 0 amide bonds. The molecule has 3 N–H and O–H groups in total. The second kappa shape index (κ2) is 7.05. The molecule has 7 heteroatoms. The predicted octanol–water partition coefficient (Wildman–Crippen LogP) is 2.55. The second-order valence-electron chi connectivity index (χ2n) is 8.24. The van der Waals surface area contributed by atoms with E-state index in [1.165, 1.54) is 6.33 Å². The van der Waals surface area contributed by atoms with Gasteiger partial charge in [-0.25, -0.2) is 9.97 Å². The second-order valence-corrected chi connectivity index (χ2v) is 8.24. The van der Waals surface area contributed by atoms with Crippen LogP contribution in [0.4, 0.5) is 11.5 Å². The molecule has 28 heavy (non-hydrogen) atoms. The van der Waals surface area contributed by atoms with Gasteiger partial charge in [0, 0.05) is 43.0 Å². The number of nitrogens with one attached hydrogen (secondary N) is 1. The topological polar surface area (TPSA) is 91.4 Å². The van der Waals surface area contributed by atoms with Crippen molar-refractivity contribution in [3.05, 3.63) is 41.9 Å². The number of aromatic nitrogens is 2. The molecule has 7 nitrogen and oxygen atoms in total. The van der Waals surface area contributed by atoms with Crippen molar-refractivity contribution in [2.75, 3.05) is 37.3 Å². The SMILES string of the molecule is CC1CN(C)CCN1c1cc(C(=N)c2cc(OC3(C)CC3)ccc2N)ncn1. The van der Waals surface area contributed by atoms with Crippen molar-refractivity contribution in [3.63, 3.8) is 0 Å². The van der Waals surface area contributed by atoms with Crippen LogP contribution in [0.5, 0.6) is 5.75 Å². The first kappa shape index (κ1) is 18.7. The summed E-state index contributed by atoms with van der Waals surface area (Å²) in [6.45, 7) is 7.18. The highest BCUT2D eigenvalue weighted by Gasteiger charge is 2.40. The number of piperazine rings is 1. The van der Waals surface area contributed by atoms with Gasteiger partial charge < -0.3 is 20.3 Å². The standard InChI is InChI=1S/C21H28N6O/c1-14-12-26(3)8-9-27(14)19-11-18(24-13-25-19)20(23)16-10-15(4-5-17(16)22)28-21(2)6-7-21/h4-5,10-11,13-14,23H,6-9,12,22H2,1-3H3. The zero-order chi connectivity index (χ0) is 19.9. The molecule has 0 bridgehead atoms. The third kappa shape index (κ3) is 3.80. The van der Waals surface area contributed by atoms with Crippen molar-refractivity contribution in [3.8, 4) is 5.75 Å². The lowest BCUT2D eigenvalue weighted by Gasteiger charge is -2.39. The van der Waals surface area contributed by atoms with Crippen LogP contribution in [0, 0.1) is 5.41 Å². The first-order valence-electron chi connectivity index (χ1n) is 9.80. The van der Waals surface area contributed by atoms with Gasteiger partial charge in [0.1, 0.15) is 23.5 Å². The molecule has 2 aromatic rings. The van der Waals surface area contributed by atoms with E-state index in [0.717, 1.165) is 44.0 Å². The summed E-state index contributed by atoms with van der Waals surface area (Å²) < 4.78 is 6.04. The molecule has 148 valence electrons. The monoisotopic (exact) mass is 380 g/mol. The van der Waals surface area contributed by atoms with Crippen LogP contribution < -0.4 is 15.4 Å². The molecule has 1 saturated heterocycles. The molecule has 2 aliphatic rings. The Bertz CT molecular complexity index is 894. The van der Waals surface area contributed by atoms with E-state index in [-0.39, 0.29) is 11.3 Å². The van der Waals surface area contributed by atoms with Crippen molar-refractivity contribution in [2.24, 2.45) is 0 Å². The largest absolute Gasteiger partial charge is 0.488 e. The smallest absolute Gasteiger partial charge is 0.132 e. The summed E-state index contributed by atoms with van der Waals surface area (Å²) in [5, 5.41) is 8.70. The molecule has 1 aromatic carbocycles. The maximum Gasteiger partial charge on any atom is 0.132 e. The minimum Gasteiger partial charge on any atom is -0.488 e. The summed E-state index contributed by atoms with van der Waals surface area (Å²) in [5.74, 6) is 1.60. The van der Waals surface area contributed by atoms with Crippen LogP contribution in [0.25, 0.3) is 0 Å². The molecule has 2 fully saturated rings. The average molecular weight is 380 g/mol. The number of hydrogen-bond acceptors (Lipinski definition) is 7. The highest BCUT2D eigenvalue weighted by atomic mass is 16.5. The Balaban J connectivity index is 1.59. The Morgan fingerprint density at radius 3 is 2.75 bits per heavy atom. The van der Waals surface area contributed by atoms with E-state index >= 15 is 0 Å². The van der Waals surface area contributed by atoms with Gasteiger partial charge in [-0.15, -0.1) is 0 Å². The Kier molecular flexibility index (Phi) is 4.71. The summed E-state index contributed by atoms with van der Waals surface area (Å²) in [7, 11) is 2.13. The number of nitrogens with zero attached hydrogens (tertiary/aromatic N) is 4. The van der Waals surface area contributed by atoms with E-state index in [0.29, 0.717) is 23.0 Å². The third-order valence-electron chi connectivity index (χ3n) is 5.65. The number of rotatable bonds is 5. The van der Waals surface area contributed by atoms with Gasteiger partial charge in [-0.1, -0.05) is 0 Å². The van der Waals surface area contributed by atoms with Crippen LogP contribution >= 0.6 is 0 Å². The molecular formula is C21H28N6O. The van der Waals surface area contributed by atoms with Gasteiger partial charge in [0.2, 0.25) is 0 Å². The molecule has 0 radical (unpaired) electrons. The summed E-state index contributed by atoms with van der Waals surface area (Å²) in [5.41, 5.74) is 8.13. The fraction of sp³-hybridized carbons (Fsp3) is 0.476. The fourth-order valence-electron chi connectivity index (χ4n) is 3.64. The van der Waals surface area contributed by atoms with E-state index in [1.807, 2.05) is 18.2 Å². The number of benzene rings is 1. The van der Waals surface area contributed by atoms with E-state index in [1.54, 1.807) is 6.07 Å². The normalized spacial score (nSPS) is 21.4. The van der Waals surface area contributed by atoms with Gasteiger partial charge >= 0.3 is 0 Å². The van der Waals surface area contributed by atoms with Gasteiger partial charge in [0.25, 0.3) is 0 Å². The van der Waals surface area contributed by atoms with Crippen LogP contribution in [-0.4, -0.2) is 58.9 Å². The van der Waals surface area contributed by atoms with E-state index in [2.05, 4.69) is 40.7 Å². The number of nitrogen functional groups attached to an aromatic ring is 1. The first-order valence-corrected chi connectivity index (χ1v) is 9.80. The summed E-state index contributed by atoms with van der Waals surface area (Å²) in [6.07, 6.45) is 3.65. The molecule has 2 heterocycles. The number of nitrogens with two attached hydrogens (primary N) is 1. The van der Waals surface area contributed by atoms with Gasteiger partial charge in [-0.05, 0) is 51.9 Å². The molecule has 0 spiro atoms. The third-order valence-corrected chi connectivity index (χ3v) is 5.65. The molecule has 1 saturated carbocycles. The lowest BCUT2D eigenvalue weighted by molar-refractivity contribution is 0.200. The summed E-state index contributed by atoms with van der Waals surface area (Å²) in [6, 6.07) is 7.76. The molecular weight excluding hydrogens is 352 g/mol. The zero-order valence-electron chi connectivity index (χ0n) is 16.8. The number of hydrogen-bond donors (Lipinski definition) is 2. The Labute approximate surface area is 166 Å². The number of likely N-dealkylation sites (N-methyl/N-ethyl adjacent to an activating group) is 1. The lowest BCUT2D eigenvalue weighted by atomic mass is 10.0. The van der Waals surface area contributed by atoms with Crippen LogP contribution in [0.15, 0.2) is 30.6 Å². The maximum absolute atomic E-state index is 8.70. The van der Waals surface area contributed by atoms with Gasteiger partial charge in [-0.3, -0.25) is 5.41 Å². The Morgan fingerprint density at radius 1 is 1.25 bits per heavy atom. The van der Waals surface area contributed by atoms with Gasteiger partial charge in [-0.2, -0.15) is 0 Å². The van der Waals surface area contributed by atoms with E-state index in [4.69, 9.17) is 15.9 Å². The lowest BCUT2D eigenvalue weighted by Crippen LogP contribution is -2.50. The first-order chi connectivity index (χ1) is 13.3. The van der Waals surface area contributed by atoms with E-state index in [9.17, 15) is 0 Å². The maximum atomic E-state index is 8.70. The Hall–Kier alpha value is -2.67. The van der Waals surface area contributed by atoms with Crippen LogP contribution in [-0.2, 0) is 0 Å². The fourth-order valence-corrected chi connectivity index (χ4v) is 3.64. The number of ether oxygens (including phenoxy) is 1. The van der Waals surface area contributed by atoms with Crippen molar-refractivity contribution in [1.29, 1.82) is 5.41 Å². The van der Waals surface area contributed by atoms with Crippen molar-refractivity contribution in [2.45, 2.75) is 38.3 Å². The minimum atomic E-state index is -0.0742. The van der Waals surface area contributed by atoms with Gasteiger partial charge in [0.15, 0.2) is 0 Å². The predicted molar refractivity (Wildman–Crippen MR) is 111 cm³/mol.